The smallest absolute Gasteiger partial charge is 0.390 e. The number of carbonyl (C=O) groups is 10. The normalized spacial score (nSPS) is 14.6. The van der Waals surface area contributed by atoms with Gasteiger partial charge in [-0.15, -0.1) is 0 Å². The van der Waals surface area contributed by atoms with Crippen molar-refractivity contribution in [1.29, 1.82) is 0 Å². The number of amides is 10. The van der Waals surface area contributed by atoms with Crippen LogP contribution < -0.4 is 58.5 Å². The highest BCUT2D eigenvalue weighted by molar-refractivity contribution is 6.00. The van der Waals surface area contributed by atoms with Gasteiger partial charge in [0, 0.05) is 66.9 Å². The van der Waals surface area contributed by atoms with Crippen molar-refractivity contribution in [2.75, 3.05) is 27.7 Å². The van der Waals surface area contributed by atoms with E-state index in [1.807, 2.05) is 27.7 Å². The van der Waals surface area contributed by atoms with Crippen molar-refractivity contribution in [3.05, 3.63) is 83.6 Å². The number of aliphatic hydroxyl groups is 1. The Hall–Kier alpha value is -8.40. The van der Waals surface area contributed by atoms with Crippen LogP contribution in [0.25, 0.3) is 10.9 Å². The van der Waals surface area contributed by atoms with E-state index in [1.54, 1.807) is 55.9 Å². The molecular formula is C58H84F3N14O11+. The van der Waals surface area contributed by atoms with Crippen molar-refractivity contribution < 1.29 is 66.2 Å². The molecule has 10 amide bonds. The second kappa shape index (κ2) is 31.1. The zero-order chi connectivity index (χ0) is 64.5. The number of hydrogen-bond donors (Lipinski definition) is 12. The summed E-state index contributed by atoms with van der Waals surface area (Å²) < 4.78 is 44.2. The third kappa shape index (κ3) is 21.3. The quantitative estimate of drug-likeness (QED) is 0.0305. The maximum Gasteiger partial charge on any atom is 0.422 e. The van der Waals surface area contributed by atoms with E-state index in [-0.39, 0.29) is 47.7 Å². The second-order valence-electron chi connectivity index (χ2n) is 23.6. The number of aliphatic hydroxyl groups excluding tert-OH is 1. The van der Waals surface area contributed by atoms with Crippen LogP contribution in [0.4, 0.5) is 18.9 Å². The first-order valence-electron chi connectivity index (χ1n) is 28.2. The molecule has 8 atom stereocenters. The molecule has 0 saturated heterocycles. The number of benzene rings is 2. The maximum atomic E-state index is 14.3. The fourth-order valence-electron chi connectivity index (χ4n) is 9.41. The fourth-order valence-corrected chi connectivity index (χ4v) is 9.41. The van der Waals surface area contributed by atoms with Crippen molar-refractivity contribution in [2.45, 2.75) is 148 Å². The molecule has 2 aromatic heterocycles. The van der Waals surface area contributed by atoms with Crippen LogP contribution >= 0.6 is 0 Å². The zero-order valence-electron chi connectivity index (χ0n) is 50.4. The first kappa shape index (κ1) is 70.1. The average molecular weight is 1210 g/mol. The van der Waals surface area contributed by atoms with Gasteiger partial charge in [0.05, 0.1) is 52.6 Å². The van der Waals surface area contributed by atoms with Gasteiger partial charge in [-0.3, -0.25) is 52.4 Å². The van der Waals surface area contributed by atoms with Crippen LogP contribution in [0.1, 0.15) is 108 Å². The predicted octanol–water partition coefficient (Wildman–Crippen LogP) is 0.996. The van der Waals surface area contributed by atoms with Crippen LogP contribution in [0.3, 0.4) is 0 Å². The van der Waals surface area contributed by atoms with E-state index in [2.05, 4.69) is 52.5 Å². The highest BCUT2D eigenvalue weighted by atomic mass is 19.4. The molecule has 86 heavy (non-hydrogen) atoms. The molecule has 0 aliphatic rings. The Morgan fingerprint density at radius 1 is 0.709 bits per heavy atom. The first-order valence-corrected chi connectivity index (χ1v) is 28.2. The lowest BCUT2D eigenvalue weighted by Gasteiger charge is -2.28. The molecule has 0 unspecified atom stereocenters. The van der Waals surface area contributed by atoms with E-state index in [1.165, 1.54) is 40.6 Å². The van der Waals surface area contributed by atoms with E-state index in [0.29, 0.717) is 28.2 Å². The summed E-state index contributed by atoms with van der Waals surface area (Å²) in [5.74, 6) is -9.29. The number of alkyl halides is 3. The number of quaternary nitrogens is 1. The van der Waals surface area contributed by atoms with Crippen molar-refractivity contribution >= 4 is 75.7 Å². The minimum absolute atomic E-state index is 0.0172. The molecule has 0 aliphatic carbocycles. The molecule has 4 aromatic rings. The summed E-state index contributed by atoms with van der Waals surface area (Å²) in [6, 6.07) is 0.849. The number of nitrogens with one attached hydrogen (secondary N) is 9. The number of para-hydroxylation sites is 1. The van der Waals surface area contributed by atoms with Gasteiger partial charge in [0.1, 0.15) is 47.5 Å². The second-order valence-corrected chi connectivity index (χ2v) is 23.6. The minimum Gasteiger partial charge on any atom is -0.390 e. The molecule has 2 aromatic carbocycles. The number of nitrogens with zero attached hydrogens (tertiary/aromatic N) is 3. The number of imidazole rings is 1. The zero-order valence-corrected chi connectivity index (χ0v) is 50.4. The molecule has 0 aliphatic heterocycles. The lowest BCUT2D eigenvalue weighted by molar-refractivity contribution is -0.138. The average Bonchev–Trinajstić information content (AvgIpc) is 1.25. The number of aryl methyl sites for hydroxylation is 1. The lowest BCUT2D eigenvalue weighted by atomic mass is 9.96. The monoisotopic (exact) mass is 1210 g/mol. The lowest BCUT2D eigenvalue weighted by Crippen LogP contribution is -2.59. The molecule has 0 bridgehead atoms. The number of aromatic nitrogens is 3. The highest BCUT2D eigenvalue weighted by Crippen LogP contribution is 2.38. The number of aromatic amines is 1. The van der Waals surface area contributed by atoms with Gasteiger partial charge in [-0.2, -0.15) is 13.2 Å². The Labute approximate surface area is 497 Å². The summed E-state index contributed by atoms with van der Waals surface area (Å²) >= 11 is 0. The molecule has 0 fully saturated rings. The minimum atomic E-state index is -4.86. The van der Waals surface area contributed by atoms with Gasteiger partial charge in [-0.1, -0.05) is 59.7 Å². The van der Waals surface area contributed by atoms with E-state index in [4.69, 9.17) is 11.5 Å². The summed E-state index contributed by atoms with van der Waals surface area (Å²) in [7, 11) is 6.21. The van der Waals surface area contributed by atoms with Gasteiger partial charge in [0.2, 0.25) is 53.2 Å². The van der Waals surface area contributed by atoms with E-state index in [0.717, 1.165) is 12.1 Å². The van der Waals surface area contributed by atoms with E-state index < -0.39 is 156 Å². The van der Waals surface area contributed by atoms with Crippen LogP contribution in [0, 0.1) is 17.8 Å². The van der Waals surface area contributed by atoms with Gasteiger partial charge in [0.25, 0.3) is 5.91 Å². The van der Waals surface area contributed by atoms with Gasteiger partial charge in [-0.05, 0) is 67.7 Å². The third-order valence-electron chi connectivity index (χ3n) is 14.0. The molecule has 28 heteroatoms. The van der Waals surface area contributed by atoms with Crippen LogP contribution in [-0.2, 0) is 69.2 Å². The van der Waals surface area contributed by atoms with Crippen molar-refractivity contribution in [1.82, 2.24) is 61.6 Å². The standard InChI is InChI=1S/C58H83F3N14O11/c1-30(2)20-41(46(76)25-48(78)68-42(51(63)80)21-31(3)4)71-56(85)44(24-36-27-64-29-74(36)8)69-49(79)28-66-57(86)50(32(5)6)73-52(81)33(7)67-55(84)43(23-35-26-65-39-15-13-12-14-37(35)39)72-54(83)40(17-19-47(62)77)70-53(82)34-16-18-45(75(9,10)11)38(22-34)58(59,60)61/h12-16,18,22,26-27,29-33,40-44,46,50,65,76H,17,19-21,23-25,28H2,1-11H3,(H11-,62,63,66,67,68,69,70,71,72,73,77,78,79,80,81,82,83,84,85,86)/p+1/t33-,40-,41-,42-,43-,44-,46-,50-/m0/s1. The summed E-state index contributed by atoms with van der Waals surface area (Å²) in [5.41, 5.74) is 10.9. The van der Waals surface area contributed by atoms with Crippen LogP contribution in [0.2, 0.25) is 0 Å². The molecule has 0 radical (unpaired) electrons. The predicted molar refractivity (Wildman–Crippen MR) is 313 cm³/mol. The van der Waals surface area contributed by atoms with Crippen LogP contribution in [0.15, 0.2) is 61.2 Å². The Morgan fingerprint density at radius 3 is 1.91 bits per heavy atom. The van der Waals surface area contributed by atoms with Crippen LogP contribution in [-0.4, -0.2) is 155 Å². The molecule has 2 heterocycles. The van der Waals surface area contributed by atoms with Crippen molar-refractivity contribution in [3.8, 4) is 0 Å². The number of hydrogen-bond acceptors (Lipinski definition) is 12. The Bertz CT molecular complexity index is 3060. The number of halogens is 3. The Balaban J connectivity index is 1.50. The topological polar surface area (TPSA) is 373 Å². The Kier molecular flexibility index (Phi) is 25.4. The van der Waals surface area contributed by atoms with Gasteiger partial charge in [0.15, 0.2) is 0 Å². The highest BCUT2D eigenvalue weighted by Gasteiger charge is 2.40. The van der Waals surface area contributed by atoms with Gasteiger partial charge in [-0.25, -0.2) is 4.98 Å². The van der Waals surface area contributed by atoms with E-state index >= 15 is 0 Å². The maximum absolute atomic E-state index is 14.3. The first-order chi connectivity index (χ1) is 40.0. The molecule has 0 spiro atoms. The fraction of sp³-hybridized carbons (Fsp3) is 0.534. The summed E-state index contributed by atoms with van der Waals surface area (Å²) in [6.07, 6.45) is -2.95. The van der Waals surface area contributed by atoms with Gasteiger partial charge >= 0.3 is 6.18 Å². The number of primary amides is 2. The van der Waals surface area contributed by atoms with Crippen LogP contribution in [0.5, 0.6) is 0 Å². The van der Waals surface area contributed by atoms with Crippen molar-refractivity contribution in [3.63, 3.8) is 0 Å². The molecular weight excluding hydrogens is 1130 g/mol. The third-order valence-corrected chi connectivity index (χ3v) is 14.0. The van der Waals surface area contributed by atoms with Crippen molar-refractivity contribution in [2.24, 2.45) is 36.3 Å². The summed E-state index contributed by atoms with van der Waals surface area (Å²) in [5, 5.41) is 32.4. The summed E-state index contributed by atoms with van der Waals surface area (Å²) in [4.78, 5) is 142. The summed E-state index contributed by atoms with van der Waals surface area (Å²) in [6.45, 7) is 11.2. The molecule has 0 saturated carbocycles. The number of nitrogens with two attached hydrogens (primary N) is 2. The largest absolute Gasteiger partial charge is 0.422 e. The number of fused-ring (bicyclic) bond motifs is 1. The van der Waals surface area contributed by atoms with Gasteiger partial charge < -0.3 is 68.7 Å². The molecule has 25 nitrogen and oxygen atoms in total. The molecule has 4 rings (SSSR count). The Morgan fingerprint density at radius 2 is 1.33 bits per heavy atom. The number of H-pyrrole nitrogens is 1. The number of rotatable bonds is 32. The SMILES string of the molecule is CC(C)C[C@H](NC(=O)C[C@H](O)[C@H](CC(C)C)NC(=O)[C@H](Cc1cncn1C)NC(=O)CNC(=O)[C@@H](NC(=O)[C@H](C)NC(=O)[C@H](Cc1c[nH]c2ccccc12)NC(=O)[C@H](CCC(N)=O)NC(=O)c1ccc([N+](C)(C)C)c(C(F)(F)F)c1)C(C)C)C(N)=O. The van der Waals surface area contributed by atoms with E-state index in [9.17, 15) is 66.2 Å². The molecule has 14 N–H and O–H groups in total. The molecule has 472 valence electrons. The number of carbonyl (C=O) groups excluding carboxylic acids is 10.